The van der Waals surface area contributed by atoms with Crippen molar-refractivity contribution < 1.29 is 28.6 Å². The number of benzene rings is 1. The van der Waals surface area contributed by atoms with Crippen molar-refractivity contribution >= 4 is 24.0 Å². The lowest BCUT2D eigenvalue weighted by Gasteiger charge is -2.08. The minimum atomic E-state index is -0.817. The molecule has 6 nitrogen and oxygen atoms in total. The molecule has 0 heterocycles. The highest BCUT2D eigenvalue weighted by Gasteiger charge is 2.09. The standard InChI is InChI=1S/C26H26O6/c1-4-6-8-10-12-14-24(27)31-22-18-16-21(20-23(22)30-3)17-19-26(29)32-25(28)15-13-11-9-7-5-2/h4-20H,1-3H3/b6-4+,7-5+,10-8+,11-9+,14-12+,15-13+,19-17+. The van der Waals surface area contributed by atoms with Gasteiger partial charge in [-0.25, -0.2) is 14.4 Å². The molecule has 0 unspecified atom stereocenters. The van der Waals surface area contributed by atoms with Gasteiger partial charge in [-0.2, -0.15) is 0 Å². The molecule has 0 aliphatic carbocycles. The molecule has 0 saturated carbocycles. The van der Waals surface area contributed by atoms with E-state index in [0.29, 0.717) is 11.3 Å². The maximum absolute atomic E-state index is 11.9. The Morgan fingerprint density at radius 3 is 1.84 bits per heavy atom. The van der Waals surface area contributed by atoms with Gasteiger partial charge >= 0.3 is 17.9 Å². The lowest BCUT2D eigenvalue weighted by Crippen LogP contribution is -2.07. The number of allylic oxidation sites excluding steroid dienone is 10. The summed E-state index contributed by atoms with van der Waals surface area (Å²) in [5.41, 5.74) is 0.584. The van der Waals surface area contributed by atoms with Crippen LogP contribution in [0.1, 0.15) is 19.4 Å². The molecule has 0 aromatic heterocycles. The normalized spacial score (nSPS) is 12.3. The van der Waals surface area contributed by atoms with Gasteiger partial charge in [0.2, 0.25) is 0 Å². The second-order valence-corrected chi connectivity index (χ2v) is 5.94. The third-order valence-corrected chi connectivity index (χ3v) is 3.53. The first kappa shape index (κ1) is 25.8. The molecule has 6 heteroatoms. The average Bonchev–Trinajstić information content (AvgIpc) is 2.78. The topological polar surface area (TPSA) is 78.9 Å². The van der Waals surface area contributed by atoms with Crippen LogP contribution in [-0.4, -0.2) is 25.0 Å². The molecule has 166 valence electrons. The molecule has 32 heavy (non-hydrogen) atoms. The van der Waals surface area contributed by atoms with E-state index < -0.39 is 17.9 Å². The van der Waals surface area contributed by atoms with Crippen LogP contribution in [0.25, 0.3) is 6.08 Å². The lowest BCUT2D eigenvalue weighted by atomic mass is 10.2. The summed E-state index contributed by atoms with van der Waals surface area (Å²) in [5, 5.41) is 0. The Balaban J connectivity index is 2.71. The van der Waals surface area contributed by atoms with Gasteiger partial charge in [-0.1, -0.05) is 66.8 Å². The van der Waals surface area contributed by atoms with Crippen molar-refractivity contribution in [3.05, 3.63) is 103 Å². The largest absolute Gasteiger partial charge is 0.493 e. The van der Waals surface area contributed by atoms with Gasteiger partial charge in [0.15, 0.2) is 11.5 Å². The van der Waals surface area contributed by atoms with Crippen molar-refractivity contribution in [2.45, 2.75) is 13.8 Å². The predicted octanol–water partition coefficient (Wildman–Crippen LogP) is 5.06. The van der Waals surface area contributed by atoms with Gasteiger partial charge in [-0.05, 0) is 37.6 Å². The molecule has 0 radical (unpaired) electrons. The molecular formula is C26H26O6. The van der Waals surface area contributed by atoms with Crippen LogP contribution in [0.2, 0.25) is 0 Å². The fourth-order valence-electron chi connectivity index (χ4n) is 2.09. The van der Waals surface area contributed by atoms with Gasteiger partial charge < -0.3 is 14.2 Å². The zero-order valence-corrected chi connectivity index (χ0v) is 18.3. The molecule has 1 rings (SSSR count). The van der Waals surface area contributed by atoms with Crippen molar-refractivity contribution in [3.8, 4) is 11.5 Å². The van der Waals surface area contributed by atoms with Crippen molar-refractivity contribution in [1.29, 1.82) is 0 Å². The molecule has 0 bridgehead atoms. The van der Waals surface area contributed by atoms with Crippen LogP contribution < -0.4 is 9.47 Å². The highest BCUT2D eigenvalue weighted by Crippen LogP contribution is 2.28. The highest BCUT2D eigenvalue weighted by atomic mass is 16.6. The summed E-state index contributed by atoms with van der Waals surface area (Å²) in [6.45, 7) is 3.76. The molecular weight excluding hydrogens is 408 g/mol. The second-order valence-electron chi connectivity index (χ2n) is 5.94. The molecule has 0 fully saturated rings. The van der Waals surface area contributed by atoms with Crippen molar-refractivity contribution in [1.82, 2.24) is 0 Å². The molecule has 0 N–H and O–H groups in total. The minimum Gasteiger partial charge on any atom is -0.493 e. The van der Waals surface area contributed by atoms with Crippen LogP contribution in [0.4, 0.5) is 0 Å². The first-order valence-electron chi connectivity index (χ1n) is 9.76. The van der Waals surface area contributed by atoms with Crippen molar-refractivity contribution in [3.63, 3.8) is 0 Å². The SMILES string of the molecule is C/C=C/C=C/C=C/C(=O)OC(=O)/C=C/c1ccc(OC(=O)/C=C/C=C/C=C/C)c(OC)c1. The van der Waals surface area contributed by atoms with E-state index in [0.717, 1.165) is 12.2 Å². The molecule has 0 saturated heterocycles. The number of rotatable bonds is 10. The molecule has 0 amide bonds. The molecule has 0 atom stereocenters. The number of esters is 3. The third-order valence-electron chi connectivity index (χ3n) is 3.53. The van der Waals surface area contributed by atoms with Gasteiger partial charge in [0.05, 0.1) is 7.11 Å². The summed E-state index contributed by atoms with van der Waals surface area (Å²) in [6, 6.07) is 4.74. The third kappa shape index (κ3) is 11.1. The summed E-state index contributed by atoms with van der Waals surface area (Å²) < 4.78 is 15.1. The Bertz CT molecular complexity index is 988. The van der Waals surface area contributed by atoms with Crippen LogP contribution in [-0.2, 0) is 19.1 Å². The fraction of sp³-hybridized carbons (Fsp3) is 0.115. The van der Waals surface area contributed by atoms with E-state index >= 15 is 0 Å². The summed E-state index contributed by atoms with van der Waals surface area (Å²) in [5.74, 6) is -1.63. The van der Waals surface area contributed by atoms with E-state index in [1.807, 2.05) is 32.1 Å². The molecule has 1 aromatic carbocycles. The van der Waals surface area contributed by atoms with E-state index in [2.05, 4.69) is 4.74 Å². The Labute approximate surface area is 188 Å². The van der Waals surface area contributed by atoms with E-state index in [9.17, 15) is 14.4 Å². The van der Waals surface area contributed by atoms with Crippen LogP contribution >= 0.6 is 0 Å². The zero-order valence-electron chi connectivity index (χ0n) is 18.3. The first-order valence-corrected chi connectivity index (χ1v) is 9.76. The van der Waals surface area contributed by atoms with E-state index in [4.69, 9.17) is 9.47 Å². The zero-order chi connectivity index (χ0) is 23.6. The summed E-state index contributed by atoms with van der Waals surface area (Å²) in [7, 11) is 1.43. The van der Waals surface area contributed by atoms with Gasteiger partial charge in [0.25, 0.3) is 0 Å². The molecule has 1 aromatic rings. The summed E-state index contributed by atoms with van der Waals surface area (Å²) >= 11 is 0. The number of hydrogen-bond donors (Lipinski definition) is 0. The number of carbonyl (C=O) groups is 3. The van der Waals surface area contributed by atoms with Crippen molar-refractivity contribution in [2.75, 3.05) is 7.11 Å². The Hall–Kier alpha value is -4.19. The van der Waals surface area contributed by atoms with E-state index in [1.165, 1.54) is 31.4 Å². The number of methoxy groups -OCH3 is 1. The highest BCUT2D eigenvalue weighted by molar-refractivity contribution is 5.98. The van der Waals surface area contributed by atoms with Gasteiger partial charge in [-0.3, -0.25) is 0 Å². The van der Waals surface area contributed by atoms with Crippen LogP contribution in [0.15, 0.2) is 97.2 Å². The van der Waals surface area contributed by atoms with Gasteiger partial charge in [-0.15, -0.1) is 0 Å². The maximum atomic E-state index is 11.9. The quantitative estimate of drug-likeness (QED) is 0.168. The fourth-order valence-corrected chi connectivity index (χ4v) is 2.09. The van der Waals surface area contributed by atoms with Crippen LogP contribution in [0.5, 0.6) is 11.5 Å². The summed E-state index contributed by atoms with van der Waals surface area (Å²) in [6.07, 6.45) is 22.2. The van der Waals surface area contributed by atoms with E-state index in [-0.39, 0.29) is 5.75 Å². The smallest absolute Gasteiger partial charge is 0.338 e. The van der Waals surface area contributed by atoms with Gasteiger partial charge in [0.1, 0.15) is 0 Å². The monoisotopic (exact) mass is 434 g/mol. The summed E-state index contributed by atoms with van der Waals surface area (Å²) in [4.78, 5) is 35.3. The number of carbonyl (C=O) groups excluding carboxylic acids is 3. The Kier molecular flexibility index (Phi) is 12.6. The second kappa shape index (κ2) is 15.6. The van der Waals surface area contributed by atoms with E-state index in [1.54, 1.807) is 48.6 Å². The Morgan fingerprint density at radius 1 is 0.688 bits per heavy atom. The molecule has 0 aliphatic rings. The molecule has 0 spiro atoms. The number of hydrogen-bond acceptors (Lipinski definition) is 6. The predicted molar refractivity (Wildman–Crippen MR) is 125 cm³/mol. The minimum absolute atomic E-state index is 0.227. The Morgan fingerprint density at radius 2 is 1.25 bits per heavy atom. The van der Waals surface area contributed by atoms with Crippen LogP contribution in [0, 0.1) is 0 Å². The first-order chi connectivity index (χ1) is 15.5. The number of ether oxygens (including phenoxy) is 3. The average molecular weight is 434 g/mol. The lowest BCUT2D eigenvalue weighted by molar-refractivity contribution is -0.152. The van der Waals surface area contributed by atoms with Crippen LogP contribution in [0.3, 0.4) is 0 Å². The van der Waals surface area contributed by atoms with Crippen molar-refractivity contribution in [2.24, 2.45) is 0 Å². The maximum Gasteiger partial charge on any atom is 0.338 e. The van der Waals surface area contributed by atoms with Gasteiger partial charge in [0, 0.05) is 18.2 Å². The molecule has 0 aliphatic heterocycles.